The summed E-state index contributed by atoms with van der Waals surface area (Å²) in [5, 5.41) is 14.8. The van der Waals surface area contributed by atoms with Crippen molar-refractivity contribution in [2.24, 2.45) is 0 Å². The molecule has 3 heterocycles. The zero-order valence-corrected chi connectivity index (χ0v) is 19.3. The Morgan fingerprint density at radius 1 is 1.28 bits per heavy atom. The standard InChI is InChI=1S/C21H31N5O5S/c1-21(28)9-3-4-17(21)26-18(27)6-5-15-14-22-20(24-19(15)26)23-16-7-10-25(11-8-16)32(29,30)13-12-31-2/h5-6,14,16-17,28H,3-4,7-13H2,1-2H3,(H,22,23,24)/t17-,21-/m1/s1. The van der Waals surface area contributed by atoms with Crippen LogP contribution >= 0.6 is 0 Å². The first-order valence-electron chi connectivity index (χ1n) is 11.1. The number of anilines is 1. The number of sulfonamides is 1. The molecule has 1 saturated carbocycles. The Labute approximate surface area is 187 Å². The van der Waals surface area contributed by atoms with Crippen molar-refractivity contribution in [1.82, 2.24) is 18.8 Å². The topological polar surface area (TPSA) is 127 Å². The SMILES string of the molecule is COCCS(=O)(=O)N1CCC(Nc2ncc3ccc(=O)n([C@@H]4CCC[C@@]4(C)O)c3n2)CC1. The van der Waals surface area contributed by atoms with E-state index in [1.165, 1.54) is 17.5 Å². The van der Waals surface area contributed by atoms with E-state index in [1.807, 2.05) is 0 Å². The number of pyridine rings is 1. The van der Waals surface area contributed by atoms with Crippen LogP contribution in [0.1, 0.15) is 45.1 Å². The van der Waals surface area contributed by atoms with Crippen LogP contribution in [0.3, 0.4) is 0 Å². The molecule has 0 spiro atoms. The molecule has 2 aliphatic rings. The van der Waals surface area contributed by atoms with Crippen molar-refractivity contribution < 1.29 is 18.3 Å². The average molecular weight is 466 g/mol. The smallest absolute Gasteiger partial charge is 0.252 e. The molecule has 2 fully saturated rings. The summed E-state index contributed by atoms with van der Waals surface area (Å²) in [4.78, 5) is 21.7. The molecule has 2 aromatic heterocycles. The summed E-state index contributed by atoms with van der Waals surface area (Å²) < 4.78 is 32.7. The molecule has 0 aromatic carbocycles. The maximum atomic E-state index is 12.7. The van der Waals surface area contributed by atoms with Gasteiger partial charge in [-0.05, 0) is 45.1 Å². The summed E-state index contributed by atoms with van der Waals surface area (Å²) in [5.74, 6) is 0.382. The molecule has 1 aliphatic carbocycles. The van der Waals surface area contributed by atoms with Gasteiger partial charge >= 0.3 is 0 Å². The van der Waals surface area contributed by atoms with Gasteiger partial charge < -0.3 is 15.2 Å². The highest BCUT2D eigenvalue weighted by Gasteiger charge is 2.39. The molecule has 2 aromatic rings. The third-order valence-electron chi connectivity index (χ3n) is 6.58. The molecule has 0 bridgehead atoms. The van der Waals surface area contributed by atoms with Gasteiger partial charge in [-0.25, -0.2) is 17.7 Å². The van der Waals surface area contributed by atoms with E-state index >= 15 is 0 Å². The predicted octanol–water partition coefficient (Wildman–Crippen LogP) is 1.12. The number of fused-ring (bicyclic) bond motifs is 1. The summed E-state index contributed by atoms with van der Waals surface area (Å²) in [5.41, 5.74) is -0.650. The zero-order valence-electron chi connectivity index (χ0n) is 18.5. The normalized spacial score (nSPS) is 25.4. The van der Waals surface area contributed by atoms with Crippen LogP contribution in [0.4, 0.5) is 5.95 Å². The van der Waals surface area contributed by atoms with Crippen molar-refractivity contribution in [2.75, 3.05) is 37.9 Å². The number of methoxy groups -OCH3 is 1. The van der Waals surface area contributed by atoms with Crippen LogP contribution in [0.15, 0.2) is 23.1 Å². The highest BCUT2D eigenvalue weighted by Crippen LogP contribution is 2.39. The maximum Gasteiger partial charge on any atom is 0.252 e. The molecule has 1 aliphatic heterocycles. The van der Waals surface area contributed by atoms with Crippen molar-refractivity contribution in [2.45, 2.75) is 56.7 Å². The fourth-order valence-electron chi connectivity index (χ4n) is 4.73. The molecule has 2 atom stereocenters. The Morgan fingerprint density at radius 3 is 2.69 bits per heavy atom. The minimum Gasteiger partial charge on any atom is -0.388 e. The Bertz CT molecular complexity index is 1130. The first-order chi connectivity index (χ1) is 15.2. The molecule has 32 heavy (non-hydrogen) atoms. The minimum atomic E-state index is -3.31. The second kappa shape index (κ2) is 9.05. The van der Waals surface area contributed by atoms with Gasteiger partial charge in [0.1, 0.15) is 5.65 Å². The maximum absolute atomic E-state index is 12.7. The second-order valence-corrected chi connectivity index (χ2v) is 11.0. The van der Waals surface area contributed by atoms with E-state index in [2.05, 4.69) is 15.3 Å². The first kappa shape index (κ1) is 23.1. The van der Waals surface area contributed by atoms with Crippen LogP contribution in [-0.2, 0) is 14.8 Å². The average Bonchev–Trinajstić information content (AvgIpc) is 3.11. The molecule has 0 radical (unpaired) electrons. The molecule has 2 N–H and O–H groups in total. The summed E-state index contributed by atoms with van der Waals surface area (Å²) >= 11 is 0. The van der Waals surface area contributed by atoms with Gasteiger partial charge in [-0.2, -0.15) is 4.98 Å². The number of rotatable bonds is 7. The lowest BCUT2D eigenvalue weighted by Gasteiger charge is -2.31. The Kier molecular flexibility index (Phi) is 6.53. The molecule has 176 valence electrons. The molecule has 0 unspecified atom stereocenters. The van der Waals surface area contributed by atoms with Crippen molar-refractivity contribution >= 4 is 27.0 Å². The van der Waals surface area contributed by atoms with Gasteiger partial charge in [0.25, 0.3) is 5.56 Å². The van der Waals surface area contributed by atoms with E-state index < -0.39 is 15.6 Å². The lowest BCUT2D eigenvalue weighted by molar-refractivity contribution is 0.0267. The van der Waals surface area contributed by atoms with Crippen LogP contribution in [0.2, 0.25) is 0 Å². The van der Waals surface area contributed by atoms with Gasteiger partial charge in [-0.15, -0.1) is 0 Å². The van der Waals surface area contributed by atoms with Crippen LogP contribution in [0.5, 0.6) is 0 Å². The molecule has 4 rings (SSSR count). The Hall–Kier alpha value is -2.08. The number of piperidine rings is 1. The second-order valence-electron chi connectivity index (χ2n) is 8.91. The molecule has 11 heteroatoms. The van der Waals surface area contributed by atoms with Gasteiger partial charge in [0.15, 0.2) is 0 Å². The number of nitrogens with zero attached hydrogens (tertiary/aromatic N) is 4. The van der Waals surface area contributed by atoms with E-state index in [1.54, 1.807) is 23.8 Å². The van der Waals surface area contributed by atoms with Gasteiger partial charge in [-0.1, -0.05) is 0 Å². The molecule has 10 nitrogen and oxygen atoms in total. The molecule has 0 amide bonds. The fourth-order valence-corrected chi connectivity index (χ4v) is 6.13. The number of hydrogen-bond acceptors (Lipinski definition) is 8. The van der Waals surface area contributed by atoms with Crippen molar-refractivity contribution in [3.8, 4) is 0 Å². The lowest BCUT2D eigenvalue weighted by Crippen LogP contribution is -2.44. The van der Waals surface area contributed by atoms with E-state index in [0.29, 0.717) is 43.9 Å². The fraction of sp³-hybridized carbons (Fsp3) is 0.667. The highest BCUT2D eigenvalue weighted by molar-refractivity contribution is 7.89. The third-order valence-corrected chi connectivity index (χ3v) is 8.42. The number of ether oxygens (including phenoxy) is 1. The van der Waals surface area contributed by atoms with Crippen molar-refractivity contribution in [3.63, 3.8) is 0 Å². The zero-order chi connectivity index (χ0) is 22.9. The van der Waals surface area contributed by atoms with Crippen molar-refractivity contribution in [1.29, 1.82) is 0 Å². The number of aromatic nitrogens is 3. The van der Waals surface area contributed by atoms with Gasteiger partial charge in [-0.3, -0.25) is 9.36 Å². The summed E-state index contributed by atoms with van der Waals surface area (Å²) in [6, 6.07) is 2.89. The summed E-state index contributed by atoms with van der Waals surface area (Å²) in [6.07, 6.45) is 5.15. The third kappa shape index (κ3) is 4.66. The molecular formula is C21H31N5O5S. The first-order valence-corrected chi connectivity index (χ1v) is 12.7. The van der Waals surface area contributed by atoms with Crippen molar-refractivity contribution in [3.05, 3.63) is 28.7 Å². The Balaban J connectivity index is 1.52. The van der Waals surface area contributed by atoms with Crippen LogP contribution in [-0.4, -0.2) is 76.6 Å². The number of hydrogen-bond donors (Lipinski definition) is 2. The number of aliphatic hydroxyl groups is 1. The molecular weight excluding hydrogens is 434 g/mol. The van der Waals surface area contributed by atoms with Gasteiger partial charge in [0.05, 0.1) is 24.0 Å². The monoisotopic (exact) mass is 465 g/mol. The Morgan fingerprint density at radius 2 is 2.03 bits per heavy atom. The molecule has 1 saturated heterocycles. The highest BCUT2D eigenvalue weighted by atomic mass is 32.2. The van der Waals surface area contributed by atoms with E-state index in [4.69, 9.17) is 4.74 Å². The lowest BCUT2D eigenvalue weighted by atomic mass is 10.00. The quantitative estimate of drug-likeness (QED) is 0.623. The number of nitrogens with one attached hydrogen (secondary N) is 1. The van der Waals surface area contributed by atoms with Crippen LogP contribution in [0.25, 0.3) is 11.0 Å². The van der Waals surface area contributed by atoms with Gasteiger partial charge in [0, 0.05) is 43.9 Å². The van der Waals surface area contributed by atoms with E-state index in [9.17, 15) is 18.3 Å². The summed E-state index contributed by atoms with van der Waals surface area (Å²) in [6.45, 7) is 2.80. The minimum absolute atomic E-state index is 0.0160. The van der Waals surface area contributed by atoms with Gasteiger partial charge in [0.2, 0.25) is 16.0 Å². The largest absolute Gasteiger partial charge is 0.388 e. The summed E-state index contributed by atoms with van der Waals surface area (Å²) in [7, 11) is -1.83. The van der Waals surface area contributed by atoms with Crippen LogP contribution in [0, 0.1) is 0 Å². The van der Waals surface area contributed by atoms with E-state index in [0.717, 1.165) is 18.2 Å². The predicted molar refractivity (Wildman–Crippen MR) is 121 cm³/mol. The van der Waals surface area contributed by atoms with E-state index in [-0.39, 0.29) is 30.0 Å². The van der Waals surface area contributed by atoms with Crippen LogP contribution < -0.4 is 10.9 Å².